The second-order valence-electron chi connectivity index (χ2n) is 3.45. The number of nitrogens with one attached hydrogen (secondary N) is 1. The third kappa shape index (κ3) is 4.34. The van der Waals surface area contributed by atoms with Crippen LogP contribution in [0.3, 0.4) is 0 Å². The predicted octanol–water partition coefficient (Wildman–Crippen LogP) is 2.63. The van der Waals surface area contributed by atoms with E-state index < -0.39 is 5.97 Å². The number of carboxylic acids is 1. The second-order valence-corrected chi connectivity index (χ2v) is 6.24. The molecule has 0 saturated heterocycles. The first-order valence-corrected chi connectivity index (χ1v) is 8.15. The number of carbonyl (C=O) groups is 2. The van der Waals surface area contributed by atoms with Crippen molar-refractivity contribution in [3.8, 4) is 10.6 Å². The number of rotatable bonds is 6. The molecule has 0 aliphatic carbocycles. The number of carbonyl (C=O) groups excluding carboxylic acids is 1. The molecule has 2 N–H and O–H groups in total. The van der Waals surface area contributed by atoms with Crippen LogP contribution in [0.4, 0.5) is 5.13 Å². The van der Waals surface area contributed by atoms with Crippen LogP contribution in [-0.2, 0) is 9.59 Å². The van der Waals surface area contributed by atoms with E-state index in [1.165, 1.54) is 11.3 Å². The Morgan fingerprint density at radius 3 is 2.89 bits per heavy atom. The van der Waals surface area contributed by atoms with Gasteiger partial charge in [-0.2, -0.15) is 0 Å². The van der Waals surface area contributed by atoms with Crippen LogP contribution in [0.25, 0.3) is 10.6 Å². The summed E-state index contributed by atoms with van der Waals surface area (Å²) in [5.74, 6) is -1.13. The smallest absolute Gasteiger partial charge is 0.313 e. The van der Waals surface area contributed by atoms with Crippen molar-refractivity contribution in [1.82, 2.24) is 4.98 Å². The average Bonchev–Trinajstić information content (AvgIpc) is 2.97. The molecule has 100 valence electrons. The highest BCUT2D eigenvalue weighted by molar-refractivity contribution is 8.00. The summed E-state index contributed by atoms with van der Waals surface area (Å²) in [7, 11) is 0. The van der Waals surface area contributed by atoms with E-state index in [1.807, 2.05) is 22.9 Å². The summed E-state index contributed by atoms with van der Waals surface area (Å²) in [6.07, 6.45) is 0. The molecule has 8 heteroatoms. The van der Waals surface area contributed by atoms with Crippen LogP contribution < -0.4 is 5.32 Å². The lowest BCUT2D eigenvalue weighted by atomic mass is 10.4. The Labute approximate surface area is 121 Å². The number of amides is 1. The number of hydrogen-bond donors (Lipinski definition) is 2. The maximum Gasteiger partial charge on any atom is 0.313 e. The number of carboxylic acid groups (broad SMARTS) is 1. The molecule has 0 unspecified atom stereocenters. The highest BCUT2D eigenvalue weighted by Crippen LogP contribution is 2.28. The van der Waals surface area contributed by atoms with Gasteiger partial charge in [0, 0.05) is 5.38 Å². The summed E-state index contributed by atoms with van der Waals surface area (Å²) in [6, 6.07) is 3.91. The van der Waals surface area contributed by atoms with Crippen LogP contribution in [0.5, 0.6) is 0 Å². The lowest BCUT2D eigenvalue weighted by Gasteiger charge is -1.99. The Balaban J connectivity index is 1.86. The molecule has 0 aliphatic heterocycles. The lowest BCUT2D eigenvalue weighted by Crippen LogP contribution is -2.15. The Morgan fingerprint density at radius 1 is 1.37 bits per heavy atom. The van der Waals surface area contributed by atoms with Crippen LogP contribution in [0.15, 0.2) is 22.9 Å². The summed E-state index contributed by atoms with van der Waals surface area (Å²) < 4.78 is 0. The van der Waals surface area contributed by atoms with Gasteiger partial charge in [-0.05, 0) is 11.4 Å². The molecule has 19 heavy (non-hydrogen) atoms. The average molecular weight is 314 g/mol. The Hall–Kier alpha value is -1.38. The highest BCUT2D eigenvalue weighted by Gasteiger charge is 2.09. The van der Waals surface area contributed by atoms with Gasteiger partial charge in [-0.1, -0.05) is 6.07 Å². The third-order valence-corrected chi connectivity index (χ3v) is 4.55. The monoisotopic (exact) mass is 314 g/mol. The van der Waals surface area contributed by atoms with Crippen molar-refractivity contribution in [2.45, 2.75) is 0 Å². The van der Waals surface area contributed by atoms with Gasteiger partial charge in [0.15, 0.2) is 5.13 Å². The molecular formula is C11H10N2O3S3. The zero-order valence-corrected chi connectivity index (χ0v) is 12.1. The summed E-state index contributed by atoms with van der Waals surface area (Å²) in [4.78, 5) is 27.2. The summed E-state index contributed by atoms with van der Waals surface area (Å²) >= 11 is 4.00. The van der Waals surface area contributed by atoms with Gasteiger partial charge in [0.05, 0.1) is 22.1 Å². The van der Waals surface area contributed by atoms with Crippen LogP contribution in [0.1, 0.15) is 0 Å². The zero-order chi connectivity index (χ0) is 13.7. The first-order chi connectivity index (χ1) is 9.15. The number of nitrogens with zero attached hydrogens (tertiary/aromatic N) is 1. The minimum atomic E-state index is -0.924. The van der Waals surface area contributed by atoms with E-state index in [4.69, 9.17) is 5.11 Å². The number of aliphatic carboxylic acids is 1. The standard InChI is InChI=1S/C11H10N2O3S3/c14-9(5-17-6-10(15)16)13-11-12-7(4-19-11)8-2-1-3-18-8/h1-4H,5-6H2,(H,15,16)(H,12,13,14). The highest BCUT2D eigenvalue weighted by atomic mass is 32.2. The first-order valence-electron chi connectivity index (χ1n) is 5.24. The van der Waals surface area contributed by atoms with Gasteiger partial charge in [0.2, 0.25) is 5.91 Å². The molecular weight excluding hydrogens is 304 g/mol. The molecule has 0 fully saturated rings. The van der Waals surface area contributed by atoms with Gasteiger partial charge in [0.25, 0.3) is 0 Å². The maximum atomic E-state index is 11.5. The number of thiophene rings is 1. The zero-order valence-electron chi connectivity index (χ0n) is 9.66. The minimum absolute atomic E-state index is 0.0776. The van der Waals surface area contributed by atoms with E-state index in [0.29, 0.717) is 5.13 Å². The summed E-state index contributed by atoms with van der Waals surface area (Å²) in [5, 5.41) is 15.5. The van der Waals surface area contributed by atoms with Crippen LogP contribution in [0, 0.1) is 0 Å². The van der Waals surface area contributed by atoms with Crippen molar-refractivity contribution in [2.24, 2.45) is 0 Å². The molecule has 0 bridgehead atoms. The molecule has 0 saturated carbocycles. The van der Waals surface area contributed by atoms with Gasteiger partial charge in [0.1, 0.15) is 0 Å². The summed E-state index contributed by atoms with van der Waals surface area (Å²) in [5.41, 5.74) is 0.841. The third-order valence-electron chi connectivity index (χ3n) is 1.98. The lowest BCUT2D eigenvalue weighted by molar-refractivity contribution is -0.133. The molecule has 1 amide bonds. The van der Waals surface area contributed by atoms with E-state index in [9.17, 15) is 9.59 Å². The molecule has 0 spiro atoms. The van der Waals surface area contributed by atoms with E-state index >= 15 is 0 Å². The van der Waals surface area contributed by atoms with Crippen LogP contribution in [0.2, 0.25) is 0 Å². The van der Waals surface area contributed by atoms with Gasteiger partial charge in [-0.15, -0.1) is 34.4 Å². The van der Waals surface area contributed by atoms with Gasteiger partial charge < -0.3 is 10.4 Å². The molecule has 2 rings (SSSR count). The van der Waals surface area contributed by atoms with E-state index in [-0.39, 0.29) is 17.4 Å². The molecule has 5 nitrogen and oxygen atoms in total. The summed E-state index contributed by atoms with van der Waals surface area (Å²) in [6.45, 7) is 0. The molecule has 2 aromatic rings. The molecule has 0 aromatic carbocycles. The van der Waals surface area contributed by atoms with Crippen molar-refractivity contribution < 1.29 is 14.7 Å². The SMILES string of the molecule is O=C(O)CSCC(=O)Nc1nc(-c2cccs2)cs1. The second kappa shape index (κ2) is 6.69. The normalized spacial score (nSPS) is 10.3. The van der Waals surface area contributed by atoms with Crippen molar-refractivity contribution >= 4 is 51.4 Å². The number of anilines is 1. The Morgan fingerprint density at radius 2 is 2.21 bits per heavy atom. The Bertz CT molecular complexity index is 566. The van der Waals surface area contributed by atoms with Crippen LogP contribution >= 0.6 is 34.4 Å². The molecule has 2 heterocycles. The van der Waals surface area contributed by atoms with Gasteiger partial charge >= 0.3 is 5.97 Å². The maximum absolute atomic E-state index is 11.5. The number of hydrogen-bond acceptors (Lipinski definition) is 6. The van der Waals surface area contributed by atoms with Crippen LogP contribution in [-0.4, -0.2) is 33.5 Å². The predicted molar refractivity (Wildman–Crippen MR) is 79.0 cm³/mol. The fourth-order valence-electron chi connectivity index (χ4n) is 1.26. The van der Waals surface area contributed by atoms with Gasteiger partial charge in [-0.25, -0.2) is 4.98 Å². The van der Waals surface area contributed by atoms with E-state index in [1.54, 1.807) is 11.3 Å². The largest absolute Gasteiger partial charge is 0.481 e. The topological polar surface area (TPSA) is 79.3 Å². The first kappa shape index (κ1) is 14.0. The number of thiazole rings is 1. The Kier molecular flexibility index (Phi) is 4.94. The molecule has 0 aliphatic rings. The minimum Gasteiger partial charge on any atom is -0.481 e. The molecule has 0 radical (unpaired) electrons. The fraction of sp³-hybridized carbons (Fsp3) is 0.182. The van der Waals surface area contributed by atoms with Crippen molar-refractivity contribution in [1.29, 1.82) is 0 Å². The molecule has 0 atom stereocenters. The van der Waals surface area contributed by atoms with E-state index in [2.05, 4.69) is 10.3 Å². The van der Waals surface area contributed by atoms with Crippen molar-refractivity contribution in [3.05, 3.63) is 22.9 Å². The van der Waals surface area contributed by atoms with Gasteiger partial charge in [-0.3, -0.25) is 9.59 Å². The quantitative estimate of drug-likeness (QED) is 0.857. The number of aromatic nitrogens is 1. The van der Waals surface area contributed by atoms with Crippen molar-refractivity contribution in [2.75, 3.05) is 16.8 Å². The van der Waals surface area contributed by atoms with E-state index in [0.717, 1.165) is 22.3 Å². The molecule has 2 aromatic heterocycles. The van der Waals surface area contributed by atoms with Crippen molar-refractivity contribution in [3.63, 3.8) is 0 Å². The number of thioether (sulfide) groups is 1. The fourth-order valence-corrected chi connectivity index (χ4v) is 3.28.